The van der Waals surface area contributed by atoms with Crippen molar-refractivity contribution in [2.24, 2.45) is 0 Å². The first-order valence-corrected chi connectivity index (χ1v) is 7.03. The van der Waals surface area contributed by atoms with Crippen molar-refractivity contribution in [1.82, 2.24) is 0 Å². The van der Waals surface area contributed by atoms with E-state index in [2.05, 4.69) is 6.08 Å². The molecule has 0 fully saturated rings. The number of hydrogen-bond acceptors (Lipinski definition) is 5. The summed E-state index contributed by atoms with van der Waals surface area (Å²) >= 11 is 0. The van der Waals surface area contributed by atoms with Gasteiger partial charge in [-0.1, -0.05) is 11.6 Å². The van der Waals surface area contributed by atoms with Crippen molar-refractivity contribution in [3.63, 3.8) is 0 Å². The molecule has 0 unspecified atom stereocenters. The molecule has 1 rings (SSSR count). The van der Waals surface area contributed by atoms with Crippen LogP contribution >= 0.6 is 0 Å². The summed E-state index contributed by atoms with van der Waals surface area (Å²) in [7, 11) is 3.09. The van der Waals surface area contributed by atoms with Crippen molar-refractivity contribution in [3.05, 3.63) is 34.4 Å². The normalized spacial score (nSPS) is 10.2. The first kappa shape index (κ1) is 18.2. The molecule has 122 valence electrons. The zero-order valence-electron chi connectivity index (χ0n) is 13.9. The van der Waals surface area contributed by atoms with Crippen LogP contribution in [0.4, 0.5) is 0 Å². The molecule has 0 amide bonds. The van der Waals surface area contributed by atoms with Crippen LogP contribution in [0.15, 0.2) is 17.7 Å². The van der Waals surface area contributed by atoms with Crippen LogP contribution < -0.4 is 9.47 Å². The van der Waals surface area contributed by atoms with Crippen molar-refractivity contribution in [1.29, 1.82) is 0 Å². The number of carbonyl (C=O) groups is 1. The van der Waals surface area contributed by atoms with Gasteiger partial charge in [-0.25, -0.2) is 0 Å². The average Bonchev–Trinajstić information content (AvgIpc) is 2.50. The number of ether oxygens (including phenoxy) is 4. The van der Waals surface area contributed by atoms with Gasteiger partial charge in [-0.05, 0) is 27.2 Å². The van der Waals surface area contributed by atoms with Gasteiger partial charge in [0.1, 0.15) is 11.5 Å². The minimum Gasteiger partial charge on any atom is -0.467 e. The number of benzene rings is 1. The molecule has 0 bridgehead atoms. The maximum absolute atomic E-state index is 11.6. The Bertz CT molecular complexity index is 530. The van der Waals surface area contributed by atoms with Gasteiger partial charge < -0.3 is 18.9 Å². The topological polar surface area (TPSA) is 54.0 Å². The molecule has 0 heterocycles. The third-order valence-corrected chi connectivity index (χ3v) is 3.16. The van der Waals surface area contributed by atoms with Gasteiger partial charge in [-0.3, -0.25) is 4.79 Å². The largest absolute Gasteiger partial charge is 0.467 e. The van der Waals surface area contributed by atoms with Crippen LogP contribution in [0.3, 0.4) is 0 Å². The lowest BCUT2D eigenvalue weighted by atomic mass is 9.97. The zero-order valence-corrected chi connectivity index (χ0v) is 13.9. The smallest absolute Gasteiger partial charge is 0.188 e. The molecule has 0 saturated carbocycles. The predicted octanol–water partition coefficient (Wildman–Crippen LogP) is 3.28. The number of aldehydes is 1. The van der Waals surface area contributed by atoms with Crippen molar-refractivity contribution >= 4 is 6.29 Å². The van der Waals surface area contributed by atoms with Gasteiger partial charge in [0, 0.05) is 37.0 Å². The summed E-state index contributed by atoms with van der Waals surface area (Å²) in [6.07, 6.45) is 3.50. The third kappa shape index (κ3) is 4.86. The fourth-order valence-electron chi connectivity index (χ4n) is 2.01. The second kappa shape index (κ2) is 9.23. The summed E-state index contributed by atoms with van der Waals surface area (Å²) < 4.78 is 21.0. The summed E-state index contributed by atoms with van der Waals surface area (Å²) in [6.45, 7) is 6.09. The first-order valence-electron chi connectivity index (χ1n) is 7.03. The van der Waals surface area contributed by atoms with Gasteiger partial charge in [0.25, 0.3) is 0 Å². The molecule has 0 saturated heterocycles. The molecule has 0 aliphatic heterocycles. The Morgan fingerprint density at radius 3 is 2.18 bits per heavy atom. The van der Waals surface area contributed by atoms with Gasteiger partial charge in [0.05, 0.1) is 0 Å². The van der Waals surface area contributed by atoms with E-state index in [1.54, 1.807) is 20.3 Å². The van der Waals surface area contributed by atoms with Crippen LogP contribution in [0.25, 0.3) is 0 Å². The Balaban J connectivity index is 3.32. The highest BCUT2D eigenvalue weighted by Gasteiger charge is 2.16. The van der Waals surface area contributed by atoms with Gasteiger partial charge in [0.2, 0.25) is 0 Å². The molecule has 22 heavy (non-hydrogen) atoms. The summed E-state index contributed by atoms with van der Waals surface area (Å²) in [5.74, 6) is 1.15. The van der Waals surface area contributed by atoms with E-state index in [0.29, 0.717) is 23.5 Å². The fraction of sp³-hybridized carbons (Fsp3) is 0.471. The summed E-state index contributed by atoms with van der Waals surface area (Å²) in [6, 6.07) is 1.77. The molecule has 1 aromatic rings. The molecule has 1 aromatic carbocycles. The second-order valence-corrected chi connectivity index (χ2v) is 5.10. The quantitative estimate of drug-likeness (QED) is 0.398. The monoisotopic (exact) mass is 308 g/mol. The highest BCUT2D eigenvalue weighted by Crippen LogP contribution is 2.33. The molecule has 0 atom stereocenters. The minimum atomic E-state index is 0.104. The summed E-state index contributed by atoms with van der Waals surface area (Å²) in [5, 5.41) is 0. The molecule has 0 aliphatic carbocycles. The number of hydrogen-bond donors (Lipinski definition) is 0. The SMILES string of the molecule is COCOc1cc(OCOC)c(CC=C(C)C)c(C=O)c1C. The van der Waals surface area contributed by atoms with Gasteiger partial charge >= 0.3 is 0 Å². The zero-order chi connectivity index (χ0) is 16.5. The second-order valence-electron chi connectivity index (χ2n) is 5.10. The van der Waals surface area contributed by atoms with Crippen LogP contribution in [0, 0.1) is 6.92 Å². The number of carbonyl (C=O) groups excluding carboxylic acids is 1. The van der Waals surface area contributed by atoms with Gasteiger partial charge in [-0.15, -0.1) is 0 Å². The summed E-state index contributed by atoms with van der Waals surface area (Å²) in [4.78, 5) is 11.6. The van der Waals surface area contributed by atoms with E-state index in [9.17, 15) is 4.79 Å². The van der Waals surface area contributed by atoms with E-state index in [1.165, 1.54) is 5.57 Å². The average molecular weight is 308 g/mol. The Morgan fingerprint density at radius 2 is 1.68 bits per heavy atom. The van der Waals surface area contributed by atoms with Crippen LogP contribution in [-0.4, -0.2) is 34.1 Å². The van der Waals surface area contributed by atoms with Crippen molar-refractivity contribution in [3.8, 4) is 11.5 Å². The van der Waals surface area contributed by atoms with Crippen LogP contribution in [0.1, 0.15) is 35.3 Å². The standard InChI is InChI=1S/C17H24O5/c1-12(2)6-7-14-15(9-18)13(3)16(21-10-19-4)8-17(14)22-11-20-5/h6,8-9H,7,10-11H2,1-5H3. The van der Waals surface area contributed by atoms with Crippen molar-refractivity contribution in [2.45, 2.75) is 27.2 Å². The highest BCUT2D eigenvalue weighted by molar-refractivity contribution is 5.83. The van der Waals surface area contributed by atoms with Gasteiger partial charge in [-0.2, -0.15) is 0 Å². The third-order valence-electron chi connectivity index (χ3n) is 3.16. The van der Waals surface area contributed by atoms with E-state index in [0.717, 1.165) is 17.4 Å². The molecule has 0 radical (unpaired) electrons. The Hall–Kier alpha value is -1.85. The summed E-state index contributed by atoms with van der Waals surface area (Å²) in [5.41, 5.74) is 3.36. The molecular weight excluding hydrogens is 284 g/mol. The van der Waals surface area contributed by atoms with E-state index >= 15 is 0 Å². The van der Waals surface area contributed by atoms with Crippen LogP contribution in [0.2, 0.25) is 0 Å². The Labute approximate surface area is 131 Å². The molecule has 0 aromatic heterocycles. The molecule has 0 aliphatic rings. The number of allylic oxidation sites excluding steroid dienone is 2. The predicted molar refractivity (Wildman–Crippen MR) is 84.7 cm³/mol. The molecular formula is C17H24O5. The van der Waals surface area contributed by atoms with Crippen LogP contribution in [-0.2, 0) is 15.9 Å². The lowest BCUT2D eigenvalue weighted by Crippen LogP contribution is -2.08. The van der Waals surface area contributed by atoms with Crippen molar-refractivity contribution in [2.75, 3.05) is 27.8 Å². The lowest BCUT2D eigenvalue weighted by Gasteiger charge is -2.17. The molecule has 0 N–H and O–H groups in total. The Morgan fingerprint density at radius 1 is 1.09 bits per heavy atom. The minimum absolute atomic E-state index is 0.104. The van der Waals surface area contributed by atoms with E-state index in [4.69, 9.17) is 18.9 Å². The number of rotatable bonds is 9. The maximum atomic E-state index is 11.6. The molecule has 5 nitrogen and oxygen atoms in total. The highest BCUT2D eigenvalue weighted by atomic mass is 16.7. The first-order chi connectivity index (χ1) is 10.5. The van der Waals surface area contributed by atoms with Crippen molar-refractivity contribution < 1.29 is 23.7 Å². The number of methoxy groups -OCH3 is 2. The lowest BCUT2D eigenvalue weighted by molar-refractivity contribution is 0.0452. The maximum Gasteiger partial charge on any atom is 0.188 e. The fourth-order valence-corrected chi connectivity index (χ4v) is 2.01. The van der Waals surface area contributed by atoms with Gasteiger partial charge in [0.15, 0.2) is 19.9 Å². The molecule has 5 heteroatoms. The van der Waals surface area contributed by atoms with Crippen LogP contribution in [0.5, 0.6) is 11.5 Å². The molecule has 0 spiro atoms. The van der Waals surface area contributed by atoms with E-state index < -0.39 is 0 Å². The van der Waals surface area contributed by atoms with E-state index in [-0.39, 0.29) is 13.6 Å². The van der Waals surface area contributed by atoms with E-state index in [1.807, 2.05) is 20.8 Å². The Kier molecular flexibility index (Phi) is 7.63.